The number of aryl methyl sites for hydroxylation is 1. The van der Waals surface area contributed by atoms with Crippen LogP contribution in [0.3, 0.4) is 0 Å². The molecule has 2 heterocycles. The highest BCUT2D eigenvalue weighted by atomic mass is 19.1. The number of hydrogen-bond acceptors (Lipinski definition) is 2. The van der Waals surface area contributed by atoms with E-state index in [1.54, 1.807) is 6.07 Å². The Morgan fingerprint density at radius 3 is 2.63 bits per heavy atom. The molecule has 1 fully saturated rings. The van der Waals surface area contributed by atoms with E-state index >= 15 is 0 Å². The van der Waals surface area contributed by atoms with Crippen molar-refractivity contribution < 1.29 is 13.6 Å². The molecule has 1 amide bonds. The second kappa shape index (κ2) is 8.96. The number of likely N-dealkylation sites (tertiary alicyclic amines) is 1. The van der Waals surface area contributed by atoms with Gasteiger partial charge < -0.3 is 14.8 Å². The Hall–Kier alpha value is -2.73. The molecule has 0 unspecified atom stereocenters. The quantitative estimate of drug-likeness (QED) is 0.628. The normalized spacial score (nSPS) is 15.6. The van der Waals surface area contributed by atoms with Crippen LogP contribution in [0.1, 0.15) is 30.1 Å². The number of alkyl halides is 1. The topological polar surface area (TPSA) is 37.3 Å². The van der Waals surface area contributed by atoms with Gasteiger partial charge in [0.2, 0.25) is 0 Å². The molecule has 0 spiro atoms. The number of aromatic nitrogens is 1. The average molecular weight is 411 g/mol. The zero-order chi connectivity index (χ0) is 21.1. The number of fused-ring (bicyclic) bond motifs is 1. The van der Waals surface area contributed by atoms with Crippen LogP contribution in [0.4, 0.5) is 14.5 Å². The summed E-state index contributed by atoms with van der Waals surface area (Å²) in [6.07, 6.45) is 2.76. The Morgan fingerprint density at radius 2 is 1.90 bits per heavy atom. The second-order valence-electron chi connectivity index (χ2n) is 8.03. The number of nitrogens with one attached hydrogen (secondary N) is 1. The first-order valence-corrected chi connectivity index (χ1v) is 10.5. The summed E-state index contributed by atoms with van der Waals surface area (Å²) < 4.78 is 28.7. The van der Waals surface area contributed by atoms with E-state index < -0.39 is 12.6 Å². The molecular formula is C24H27F2N3O. The summed E-state index contributed by atoms with van der Waals surface area (Å²) in [7, 11) is 0. The number of anilines is 1. The summed E-state index contributed by atoms with van der Waals surface area (Å²) >= 11 is 0. The molecule has 4 rings (SSSR count). The number of nitrogens with zero attached hydrogens (tertiary/aromatic N) is 2. The number of carbonyl (C=O) groups is 1. The largest absolute Gasteiger partial charge is 0.342 e. The van der Waals surface area contributed by atoms with Crippen molar-refractivity contribution in [1.82, 2.24) is 9.47 Å². The maximum atomic E-state index is 13.9. The maximum Gasteiger partial charge on any atom is 0.255 e. The SMILES string of the molecule is Cc1cc2ccc(NC(=O)CF)cc2n1C1CCN(CCc2ccccc2F)CC1. The minimum Gasteiger partial charge on any atom is -0.342 e. The Balaban J connectivity index is 1.43. The lowest BCUT2D eigenvalue weighted by Gasteiger charge is -2.34. The van der Waals surface area contributed by atoms with Crippen LogP contribution in [-0.4, -0.2) is 41.7 Å². The summed E-state index contributed by atoms with van der Waals surface area (Å²) in [6, 6.07) is 15.2. The van der Waals surface area contributed by atoms with Crippen LogP contribution in [0.2, 0.25) is 0 Å². The number of amides is 1. The van der Waals surface area contributed by atoms with E-state index in [1.807, 2.05) is 30.3 Å². The van der Waals surface area contributed by atoms with Gasteiger partial charge in [0.25, 0.3) is 5.91 Å². The van der Waals surface area contributed by atoms with E-state index in [2.05, 4.69) is 27.8 Å². The lowest BCUT2D eigenvalue weighted by Crippen LogP contribution is -2.36. The van der Waals surface area contributed by atoms with Gasteiger partial charge in [-0.15, -0.1) is 0 Å². The van der Waals surface area contributed by atoms with Crippen LogP contribution in [0.5, 0.6) is 0 Å². The number of rotatable bonds is 6. The number of carbonyl (C=O) groups excluding carboxylic acids is 1. The van der Waals surface area contributed by atoms with Crippen molar-refractivity contribution in [2.45, 2.75) is 32.2 Å². The third kappa shape index (κ3) is 4.38. The van der Waals surface area contributed by atoms with Crippen LogP contribution in [-0.2, 0) is 11.2 Å². The molecule has 30 heavy (non-hydrogen) atoms. The second-order valence-corrected chi connectivity index (χ2v) is 8.03. The van der Waals surface area contributed by atoms with Gasteiger partial charge in [-0.05, 0) is 56.0 Å². The molecule has 0 aliphatic carbocycles. The van der Waals surface area contributed by atoms with Crippen molar-refractivity contribution in [2.75, 3.05) is 31.6 Å². The first-order valence-electron chi connectivity index (χ1n) is 10.5. The highest BCUT2D eigenvalue weighted by Crippen LogP contribution is 2.32. The van der Waals surface area contributed by atoms with Crippen LogP contribution < -0.4 is 5.32 Å². The van der Waals surface area contributed by atoms with Gasteiger partial charge in [-0.2, -0.15) is 0 Å². The van der Waals surface area contributed by atoms with E-state index in [0.717, 1.165) is 55.4 Å². The first kappa shape index (κ1) is 20.5. The summed E-state index contributed by atoms with van der Waals surface area (Å²) in [5, 5.41) is 3.72. The number of piperidine rings is 1. The molecule has 0 bridgehead atoms. The zero-order valence-corrected chi connectivity index (χ0v) is 17.2. The molecule has 1 saturated heterocycles. The van der Waals surface area contributed by atoms with Gasteiger partial charge in [0.1, 0.15) is 5.82 Å². The van der Waals surface area contributed by atoms with Crippen LogP contribution in [0.15, 0.2) is 48.5 Å². The summed E-state index contributed by atoms with van der Waals surface area (Å²) in [6.45, 7) is 3.87. The van der Waals surface area contributed by atoms with Crippen molar-refractivity contribution in [1.29, 1.82) is 0 Å². The molecular weight excluding hydrogens is 384 g/mol. The Bertz CT molecular complexity index is 1040. The lowest BCUT2D eigenvalue weighted by atomic mass is 10.0. The molecule has 3 aromatic rings. The van der Waals surface area contributed by atoms with Crippen molar-refractivity contribution in [3.63, 3.8) is 0 Å². The monoisotopic (exact) mass is 411 g/mol. The standard InChI is InChI=1S/C24H27F2N3O/c1-17-14-19-6-7-20(27-24(30)16-25)15-23(19)29(17)21-9-12-28(13-10-21)11-8-18-4-2-3-5-22(18)26/h2-7,14-15,21H,8-13,16H2,1H3,(H,27,30). The zero-order valence-electron chi connectivity index (χ0n) is 17.2. The van der Waals surface area contributed by atoms with Crippen molar-refractivity contribution in [3.8, 4) is 0 Å². The third-order valence-electron chi connectivity index (χ3n) is 6.02. The van der Waals surface area contributed by atoms with Gasteiger partial charge >= 0.3 is 0 Å². The van der Waals surface area contributed by atoms with Crippen LogP contribution in [0.25, 0.3) is 10.9 Å². The fraction of sp³-hybridized carbons (Fsp3) is 0.375. The molecule has 4 nitrogen and oxygen atoms in total. The highest BCUT2D eigenvalue weighted by molar-refractivity contribution is 5.94. The van der Waals surface area contributed by atoms with E-state index in [0.29, 0.717) is 11.7 Å². The molecule has 0 atom stereocenters. The summed E-state index contributed by atoms with van der Waals surface area (Å²) in [4.78, 5) is 13.8. The molecule has 1 aliphatic heterocycles. The first-order chi connectivity index (χ1) is 14.5. The Labute approximate surface area is 175 Å². The van der Waals surface area contributed by atoms with Gasteiger partial charge in [0.15, 0.2) is 6.67 Å². The molecule has 0 saturated carbocycles. The van der Waals surface area contributed by atoms with Crippen LogP contribution >= 0.6 is 0 Å². The Morgan fingerprint density at radius 1 is 1.13 bits per heavy atom. The average Bonchev–Trinajstić information content (AvgIpc) is 3.08. The van der Waals surface area contributed by atoms with Crippen molar-refractivity contribution in [3.05, 3.63) is 65.6 Å². The number of halogens is 2. The van der Waals surface area contributed by atoms with Crippen molar-refractivity contribution >= 4 is 22.5 Å². The maximum absolute atomic E-state index is 13.9. The highest BCUT2D eigenvalue weighted by Gasteiger charge is 2.23. The molecule has 1 N–H and O–H groups in total. The van der Waals surface area contributed by atoms with Gasteiger partial charge in [0.05, 0.1) is 5.52 Å². The van der Waals surface area contributed by atoms with E-state index in [-0.39, 0.29) is 5.82 Å². The molecule has 1 aromatic heterocycles. The van der Waals surface area contributed by atoms with E-state index in [1.165, 1.54) is 11.8 Å². The molecule has 158 valence electrons. The lowest BCUT2D eigenvalue weighted by molar-refractivity contribution is -0.117. The van der Waals surface area contributed by atoms with Gasteiger partial charge in [-0.1, -0.05) is 24.3 Å². The molecule has 6 heteroatoms. The third-order valence-corrected chi connectivity index (χ3v) is 6.02. The fourth-order valence-electron chi connectivity index (χ4n) is 4.50. The number of benzene rings is 2. The van der Waals surface area contributed by atoms with Gasteiger partial charge in [0, 0.05) is 42.4 Å². The van der Waals surface area contributed by atoms with Crippen molar-refractivity contribution in [2.24, 2.45) is 0 Å². The van der Waals surface area contributed by atoms with Gasteiger partial charge in [-0.25, -0.2) is 8.78 Å². The summed E-state index contributed by atoms with van der Waals surface area (Å²) in [5.41, 5.74) is 3.64. The Kier molecular flexibility index (Phi) is 6.13. The molecule has 1 aliphatic rings. The van der Waals surface area contributed by atoms with E-state index in [9.17, 15) is 13.6 Å². The van der Waals surface area contributed by atoms with E-state index in [4.69, 9.17) is 0 Å². The number of hydrogen-bond donors (Lipinski definition) is 1. The van der Waals surface area contributed by atoms with Gasteiger partial charge in [-0.3, -0.25) is 4.79 Å². The fourth-order valence-corrected chi connectivity index (χ4v) is 4.50. The minimum atomic E-state index is -1.02. The predicted octanol–water partition coefficient (Wildman–Crippen LogP) is 4.88. The molecule has 2 aromatic carbocycles. The molecule has 0 radical (unpaired) electrons. The summed E-state index contributed by atoms with van der Waals surface area (Å²) in [5.74, 6) is -0.759. The predicted molar refractivity (Wildman–Crippen MR) is 116 cm³/mol. The minimum absolute atomic E-state index is 0.127. The smallest absolute Gasteiger partial charge is 0.255 e. The van der Waals surface area contributed by atoms with Crippen LogP contribution in [0, 0.1) is 12.7 Å².